The lowest BCUT2D eigenvalue weighted by Gasteiger charge is -2.44. The Labute approximate surface area is 160 Å². The lowest BCUT2D eigenvalue weighted by atomic mass is 10.1. The molecule has 0 fully saturated rings. The van der Waals surface area contributed by atoms with E-state index < -0.39 is 8.07 Å². The Morgan fingerprint density at radius 2 is 1.12 bits per heavy atom. The van der Waals surface area contributed by atoms with Crippen molar-refractivity contribution in [3.8, 4) is 0 Å². The summed E-state index contributed by atoms with van der Waals surface area (Å²) in [5.74, 6) is 0. The SMILES string of the molecule is CCC(C)[Si](c1ccccc1)(c1ccccc1)C1C(C)=C(C)C(C)=C1C. The van der Waals surface area contributed by atoms with Crippen LogP contribution in [0.3, 0.4) is 0 Å². The first-order valence-electron chi connectivity index (χ1n) is 9.92. The number of hydrogen-bond acceptors (Lipinski definition) is 0. The molecule has 3 rings (SSSR count). The maximum atomic E-state index is 2.50. The van der Waals surface area contributed by atoms with Crippen LogP contribution in [0.2, 0.25) is 11.1 Å². The highest BCUT2D eigenvalue weighted by Gasteiger charge is 2.51. The molecule has 0 nitrogen and oxygen atoms in total. The zero-order chi connectivity index (χ0) is 18.9. The summed E-state index contributed by atoms with van der Waals surface area (Å²) in [6.45, 7) is 14.3. The first-order chi connectivity index (χ1) is 12.5. The average molecular weight is 361 g/mol. The molecule has 136 valence electrons. The molecule has 1 aliphatic carbocycles. The maximum absolute atomic E-state index is 2.50. The molecule has 0 spiro atoms. The highest BCUT2D eigenvalue weighted by atomic mass is 28.3. The van der Waals surface area contributed by atoms with E-state index in [0.29, 0.717) is 11.1 Å². The van der Waals surface area contributed by atoms with Crippen LogP contribution in [0.1, 0.15) is 48.0 Å². The lowest BCUT2D eigenvalue weighted by molar-refractivity contribution is 0.829. The Kier molecular flexibility index (Phi) is 5.38. The van der Waals surface area contributed by atoms with Crippen LogP contribution in [-0.2, 0) is 0 Å². The second-order valence-corrected chi connectivity index (χ2v) is 12.4. The molecule has 1 atom stereocenters. The molecule has 1 unspecified atom stereocenters. The first kappa shape index (κ1) is 18.9. The summed E-state index contributed by atoms with van der Waals surface area (Å²) in [5.41, 5.74) is 7.45. The van der Waals surface area contributed by atoms with Gasteiger partial charge in [-0.05, 0) is 44.4 Å². The smallest absolute Gasteiger partial charge is 0.0654 e. The van der Waals surface area contributed by atoms with Crippen molar-refractivity contribution in [1.82, 2.24) is 0 Å². The average Bonchev–Trinajstić information content (AvgIpc) is 2.88. The summed E-state index contributed by atoms with van der Waals surface area (Å²) in [4.78, 5) is 0. The van der Waals surface area contributed by atoms with Gasteiger partial charge in [0.1, 0.15) is 8.07 Å². The molecule has 1 aliphatic rings. The second-order valence-electron chi connectivity index (χ2n) is 7.96. The molecule has 26 heavy (non-hydrogen) atoms. The van der Waals surface area contributed by atoms with Gasteiger partial charge in [0.05, 0.1) is 0 Å². The maximum Gasteiger partial charge on any atom is 0.131 e. The molecule has 0 saturated heterocycles. The number of rotatable bonds is 5. The number of allylic oxidation sites excluding steroid dienone is 4. The van der Waals surface area contributed by atoms with Crippen LogP contribution in [0.5, 0.6) is 0 Å². The van der Waals surface area contributed by atoms with Gasteiger partial charge in [-0.2, -0.15) is 0 Å². The van der Waals surface area contributed by atoms with Crippen LogP contribution in [0.15, 0.2) is 83.0 Å². The van der Waals surface area contributed by atoms with Gasteiger partial charge in [0.2, 0.25) is 0 Å². The van der Waals surface area contributed by atoms with E-state index in [2.05, 4.69) is 102 Å². The predicted octanol–water partition coefficient (Wildman–Crippen LogP) is 6.11. The molecule has 2 aromatic carbocycles. The van der Waals surface area contributed by atoms with Crippen molar-refractivity contribution in [2.45, 2.75) is 59.0 Å². The van der Waals surface area contributed by atoms with E-state index >= 15 is 0 Å². The Hall–Kier alpha value is -1.86. The van der Waals surface area contributed by atoms with E-state index in [1.165, 1.54) is 17.6 Å². The molecule has 0 heterocycles. The molecule has 0 N–H and O–H groups in total. The van der Waals surface area contributed by atoms with Gasteiger partial charge in [0, 0.05) is 5.54 Å². The monoisotopic (exact) mass is 360 g/mol. The summed E-state index contributed by atoms with van der Waals surface area (Å²) in [7, 11) is -2.04. The van der Waals surface area contributed by atoms with Gasteiger partial charge in [-0.25, -0.2) is 0 Å². The van der Waals surface area contributed by atoms with Crippen molar-refractivity contribution in [3.05, 3.63) is 83.0 Å². The second kappa shape index (κ2) is 7.40. The van der Waals surface area contributed by atoms with E-state index in [0.717, 1.165) is 0 Å². The van der Waals surface area contributed by atoms with Crippen LogP contribution in [0, 0.1) is 0 Å². The van der Waals surface area contributed by atoms with Crippen LogP contribution < -0.4 is 10.4 Å². The van der Waals surface area contributed by atoms with Gasteiger partial charge in [0.15, 0.2) is 0 Å². The Morgan fingerprint density at radius 3 is 1.46 bits per heavy atom. The van der Waals surface area contributed by atoms with Crippen molar-refractivity contribution in [2.24, 2.45) is 0 Å². The van der Waals surface area contributed by atoms with Crippen LogP contribution in [0.25, 0.3) is 0 Å². The zero-order valence-corrected chi connectivity index (χ0v) is 18.1. The van der Waals surface area contributed by atoms with Crippen molar-refractivity contribution >= 4 is 18.4 Å². The summed E-state index contributed by atoms with van der Waals surface area (Å²) < 4.78 is 0. The van der Waals surface area contributed by atoms with Crippen molar-refractivity contribution in [1.29, 1.82) is 0 Å². The van der Waals surface area contributed by atoms with Crippen LogP contribution in [-0.4, -0.2) is 8.07 Å². The van der Waals surface area contributed by atoms with Gasteiger partial charge in [-0.15, -0.1) is 0 Å². The molecule has 0 radical (unpaired) electrons. The first-order valence-corrected chi connectivity index (χ1v) is 12.1. The number of hydrogen-bond donors (Lipinski definition) is 0. The summed E-state index contributed by atoms with van der Waals surface area (Å²) >= 11 is 0. The van der Waals surface area contributed by atoms with E-state index in [1.807, 2.05) is 0 Å². The van der Waals surface area contributed by atoms with E-state index in [9.17, 15) is 0 Å². The Morgan fingerprint density at radius 1 is 0.731 bits per heavy atom. The van der Waals surface area contributed by atoms with Gasteiger partial charge in [-0.1, -0.05) is 102 Å². The molecule has 0 amide bonds. The Bertz CT molecular complexity index is 763. The molecule has 0 bridgehead atoms. The fraction of sp³-hybridized carbons (Fsp3) is 0.360. The highest BCUT2D eigenvalue weighted by Crippen LogP contribution is 2.50. The van der Waals surface area contributed by atoms with Crippen molar-refractivity contribution in [3.63, 3.8) is 0 Å². The van der Waals surface area contributed by atoms with Gasteiger partial charge in [0.25, 0.3) is 0 Å². The molecular weight excluding hydrogens is 328 g/mol. The molecular formula is C25H32Si. The predicted molar refractivity (Wildman–Crippen MR) is 118 cm³/mol. The van der Waals surface area contributed by atoms with Crippen molar-refractivity contribution in [2.75, 3.05) is 0 Å². The van der Waals surface area contributed by atoms with Crippen molar-refractivity contribution < 1.29 is 0 Å². The van der Waals surface area contributed by atoms with Crippen LogP contribution >= 0.6 is 0 Å². The van der Waals surface area contributed by atoms with Gasteiger partial charge < -0.3 is 0 Å². The quantitative estimate of drug-likeness (QED) is 0.565. The summed E-state index contributed by atoms with van der Waals surface area (Å²) in [6.07, 6.45) is 1.21. The summed E-state index contributed by atoms with van der Waals surface area (Å²) in [6, 6.07) is 22.8. The van der Waals surface area contributed by atoms with Crippen LogP contribution in [0.4, 0.5) is 0 Å². The van der Waals surface area contributed by atoms with Gasteiger partial charge in [-0.3, -0.25) is 0 Å². The fourth-order valence-corrected chi connectivity index (χ4v) is 11.8. The third kappa shape index (κ3) is 2.73. The molecule has 0 saturated carbocycles. The van der Waals surface area contributed by atoms with E-state index in [1.54, 1.807) is 21.5 Å². The third-order valence-electron chi connectivity index (χ3n) is 6.96. The third-order valence-corrected chi connectivity index (χ3v) is 13.3. The topological polar surface area (TPSA) is 0 Å². The van der Waals surface area contributed by atoms with E-state index in [-0.39, 0.29) is 0 Å². The molecule has 2 aromatic rings. The minimum Gasteiger partial charge on any atom is -0.0654 e. The van der Waals surface area contributed by atoms with Gasteiger partial charge >= 0.3 is 0 Å². The highest BCUT2D eigenvalue weighted by molar-refractivity contribution is 7.05. The lowest BCUT2D eigenvalue weighted by Crippen LogP contribution is -2.64. The standard InChI is InChI=1S/C25H32Si/c1-7-18(2)26(23-14-10-8-11-15-23,24-16-12-9-13-17-24)25-21(5)19(3)20(4)22(25)6/h8-18,25H,7H2,1-6H3. The minimum atomic E-state index is -2.04. The zero-order valence-electron chi connectivity index (χ0n) is 17.1. The summed E-state index contributed by atoms with van der Waals surface area (Å²) in [5, 5.41) is 3.15. The minimum absolute atomic E-state index is 0.558. The normalized spacial score (nSPS) is 17.2. The Balaban J connectivity index is 2.40. The largest absolute Gasteiger partial charge is 0.131 e. The van der Waals surface area contributed by atoms with E-state index in [4.69, 9.17) is 0 Å². The number of benzene rings is 2. The molecule has 0 aromatic heterocycles. The molecule has 1 heteroatoms. The molecule has 0 aliphatic heterocycles. The fourth-order valence-electron chi connectivity index (χ4n) is 5.14.